The van der Waals surface area contributed by atoms with Crippen molar-refractivity contribution < 1.29 is 18.0 Å². The highest BCUT2D eigenvalue weighted by Gasteiger charge is 2.26. The van der Waals surface area contributed by atoms with E-state index in [1.807, 2.05) is 13.8 Å². The fourth-order valence-electron chi connectivity index (χ4n) is 2.67. The van der Waals surface area contributed by atoms with Gasteiger partial charge in [0.15, 0.2) is 0 Å². The summed E-state index contributed by atoms with van der Waals surface area (Å²) in [5.74, 6) is -0.664. The molecule has 1 aliphatic heterocycles. The van der Waals surface area contributed by atoms with E-state index in [9.17, 15) is 18.0 Å². The Morgan fingerprint density at radius 1 is 1.12 bits per heavy atom. The van der Waals surface area contributed by atoms with Crippen LogP contribution in [0.5, 0.6) is 0 Å². The number of piperidine rings is 1. The molecule has 0 spiro atoms. The van der Waals surface area contributed by atoms with Crippen LogP contribution in [0.3, 0.4) is 0 Å². The van der Waals surface area contributed by atoms with E-state index in [0.717, 1.165) is 19.3 Å². The molecule has 0 unspecified atom stereocenters. The van der Waals surface area contributed by atoms with Gasteiger partial charge in [-0.1, -0.05) is 26.3 Å². The molecule has 1 aliphatic rings. The standard InChI is InChI=1S/C17H25N3O4S/c1-13(2)11-16(21)18-19-17(22)14-7-6-8-15(12-14)25(23,24)20-9-4-3-5-10-20/h6-8,12-13H,3-5,9-11H2,1-2H3,(H,18,21)(H,19,22). The molecule has 1 aromatic carbocycles. The highest BCUT2D eigenvalue weighted by atomic mass is 32.2. The summed E-state index contributed by atoms with van der Waals surface area (Å²) in [5, 5.41) is 0. The highest BCUT2D eigenvalue weighted by Crippen LogP contribution is 2.21. The molecule has 1 heterocycles. The molecular weight excluding hydrogens is 342 g/mol. The van der Waals surface area contributed by atoms with Gasteiger partial charge in [-0.05, 0) is 37.0 Å². The molecule has 0 saturated carbocycles. The first kappa shape index (κ1) is 19.4. The fraction of sp³-hybridized carbons (Fsp3) is 0.529. The van der Waals surface area contributed by atoms with Gasteiger partial charge in [-0.3, -0.25) is 20.4 Å². The predicted octanol–water partition coefficient (Wildman–Crippen LogP) is 1.67. The van der Waals surface area contributed by atoms with Crippen molar-refractivity contribution in [3.05, 3.63) is 29.8 Å². The lowest BCUT2D eigenvalue weighted by molar-refractivity contribution is -0.122. The van der Waals surface area contributed by atoms with Gasteiger partial charge in [-0.15, -0.1) is 0 Å². The summed E-state index contributed by atoms with van der Waals surface area (Å²) in [6, 6.07) is 5.87. The van der Waals surface area contributed by atoms with Crippen LogP contribution in [0.25, 0.3) is 0 Å². The van der Waals surface area contributed by atoms with Crippen LogP contribution in [0.1, 0.15) is 49.9 Å². The Morgan fingerprint density at radius 2 is 1.80 bits per heavy atom. The number of carbonyl (C=O) groups excluding carboxylic acids is 2. The van der Waals surface area contributed by atoms with Gasteiger partial charge in [0.25, 0.3) is 5.91 Å². The minimum absolute atomic E-state index is 0.0931. The van der Waals surface area contributed by atoms with Crippen LogP contribution in [-0.2, 0) is 14.8 Å². The number of carbonyl (C=O) groups is 2. The van der Waals surface area contributed by atoms with E-state index in [1.54, 1.807) is 0 Å². The van der Waals surface area contributed by atoms with Crippen LogP contribution in [0.15, 0.2) is 29.2 Å². The second-order valence-corrected chi connectivity index (χ2v) is 8.53. The van der Waals surface area contributed by atoms with Crippen LogP contribution in [-0.4, -0.2) is 37.6 Å². The Bertz CT molecular complexity index is 725. The van der Waals surface area contributed by atoms with Crippen molar-refractivity contribution in [3.63, 3.8) is 0 Å². The third kappa shape index (κ3) is 5.27. The number of hydrazine groups is 1. The lowest BCUT2D eigenvalue weighted by Crippen LogP contribution is -2.42. The molecule has 2 N–H and O–H groups in total. The topological polar surface area (TPSA) is 95.6 Å². The van der Waals surface area contributed by atoms with E-state index in [2.05, 4.69) is 10.9 Å². The molecule has 1 aromatic rings. The normalized spacial score (nSPS) is 15.8. The smallest absolute Gasteiger partial charge is 0.269 e. The van der Waals surface area contributed by atoms with Crippen LogP contribution in [0.2, 0.25) is 0 Å². The fourth-order valence-corrected chi connectivity index (χ4v) is 4.24. The average molecular weight is 367 g/mol. The molecule has 8 heteroatoms. The Hall–Kier alpha value is -1.93. The first-order valence-electron chi connectivity index (χ1n) is 8.50. The van der Waals surface area contributed by atoms with Crippen molar-refractivity contribution >= 4 is 21.8 Å². The number of nitrogens with zero attached hydrogens (tertiary/aromatic N) is 1. The maximum absolute atomic E-state index is 12.7. The number of hydrogen-bond acceptors (Lipinski definition) is 4. The Labute approximate surface area is 148 Å². The molecule has 2 amide bonds. The number of nitrogens with one attached hydrogen (secondary N) is 2. The quantitative estimate of drug-likeness (QED) is 0.774. The van der Waals surface area contributed by atoms with Crippen LogP contribution < -0.4 is 10.9 Å². The molecule has 0 radical (unpaired) electrons. The summed E-state index contributed by atoms with van der Waals surface area (Å²) in [6.07, 6.45) is 3.02. The van der Waals surface area contributed by atoms with Gasteiger partial charge < -0.3 is 0 Å². The second kappa shape index (κ2) is 8.44. The molecule has 1 fully saturated rings. The van der Waals surface area contributed by atoms with E-state index in [-0.39, 0.29) is 22.3 Å². The van der Waals surface area contributed by atoms with Crippen molar-refractivity contribution in [2.45, 2.75) is 44.4 Å². The van der Waals surface area contributed by atoms with Crippen molar-refractivity contribution in [3.8, 4) is 0 Å². The molecule has 7 nitrogen and oxygen atoms in total. The molecule has 0 atom stereocenters. The Morgan fingerprint density at radius 3 is 2.44 bits per heavy atom. The lowest BCUT2D eigenvalue weighted by atomic mass is 10.1. The summed E-state index contributed by atoms with van der Waals surface area (Å²) < 4.78 is 26.8. The minimum atomic E-state index is -3.60. The molecule has 0 aromatic heterocycles. The van der Waals surface area contributed by atoms with E-state index >= 15 is 0 Å². The highest BCUT2D eigenvalue weighted by molar-refractivity contribution is 7.89. The SMILES string of the molecule is CC(C)CC(=O)NNC(=O)c1cccc(S(=O)(=O)N2CCCCC2)c1. The largest absolute Gasteiger partial charge is 0.273 e. The van der Waals surface area contributed by atoms with Crippen molar-refractivity contribution in [1.29, 1.82) is 0 Å². The van der Waals surface area contributed by atoms with Gasteiger partial charge >= 0.3 is 0 Å². The molecule has 25 heavy (non-hydrogen) atoms. The third-order valence-corrected chi connectivity index (χ3v) is 5.85. The Balaban J connectivity index is 2.07. The monoisotopic (exact) mass is 367 g/mol. The van der Waals surface area contributed by atoms with E-state index in [0.29, 0.717) is 19.5 Å². The number of benzene rings is 1. The summed E-state index contributed by atoms with van der Waals surface area (Å²) >= 11 is 0. The average Bonchev–Trinajstić information content (AvgIpc) is 2.60. The lowest BCUT2D eigenvalue weighted by Gasteiger charge is -2.26. The molecule has 1 saturated heterocycles. The van der Waals surface area contributed by atoms with Crippen molar-refractivity contribution in [2.24, 2.45) is 5.92 Å². The van der Waals surface area contributed by atoms with Gasteiger partial charge in [0, 0.05) is 25.1 Å². The number of amides is 2. The zero-order valence-electron chi connectivity index (χ0n) is 14.6. The van der Waals surface area contributed by atoms with Gasteiger partial charge in [0.05, 0.1) is 4.90 Å². The summed E-state index contributed by atoms with van der Waals surface area (Å²) in [4.78, 5) is 23.8. The molecule has 0 aliphatic carbocycles. The van der Waals surface area contributed by atoms with E-state index < -0.39 is 15.9 Å². The van der Waals surface area contributed by atoms with Gasteiger partial charge in [-0.2, -0.15) is 4.31 Å². The zero-order chi connectivity index (χ0) is 18.4. The number of sulfonamides is 1. The molecule has 0 bridgehead atoms. The predicted molar refractivity (Wildman–Crippen MR) is 94.1 cm³/mol. The summed E-state index contributed by atoms with van der Waals surface area (Å²) in [5.41, 5.74) is 4.83. The Kier molecular flexibility index (Phi) is 6.55. The number of hydrogen-bond donors (Lipinski definition) is 2. The van der Waals surface area contributed by atoms with Crippen LogP contribution in [0, 0.1) is 5.92 Å². The van der Waals surface area contributed by atoms with Gasteiger partial charge in [-0.25, -0.2) is 8.42 Å². The minimum Gasteiger partial charge on any atom is -0.273 e. The zero-order valence-corrected chi connectivity index (χ0v) is 15.4. The van der Waals surface area contributed by atoms with E-state index in [1.165, 1.54) is 28.6 Å². The first-order valence-corrected chi connectivity index (χ1v) is 9.94. The second-order valence-electron chi connectivity index (χ2n) is 6.59. The molecule has 138 valence electrons. The summed E-state index contributed by atoms with van der Waals surface area (Å²) in [7, 11) is -3.60. The van der Waals surface area contributed by atoms with Gasteiger partial charge in [0.2, 0.25) is 15.9 Å². The molecular formula is C17H25N3O4S. The van der Waals surface area contributed by atoms with E-state index in [4.69, 9.17) is 0 Å². The maximum Gasteiger partial charge on any atom is 0.269 e. The van der Waals surface area contributed by atoms with Gasteiger partial charge in [0.1, 0.15) is 0 Å². The number of rotatable bonds is 5. The van der Waals surface area contributed by atoms with Crippen molar-refractivity contribution in [1.82, 2.24) is 15.2 Å². The van der Waals surface area contributed by atoms with Crippen LogP contribution >= 0.6 is 0 Å². The summed E-state index contributed by atoms with van der Waals surface area (Å²) in [6.45, 7) is 4.81. The van der Waals surface area contributed by atoms with Crippen LogP contribution in [0.4, 0.5) is 0 Å². The third-order valence-electron chi connectivity index (χ3n) is 3.96. The van der Waals surface area contributed by atoms with Crippen molar-refractivity contribution in [2.75, 3.05) is 13.1 Å². The first-order chi connectivity index (χ1) is 11.8. The maximum atomic E-state index is 12.7. The molecule has 2 rings (SSSR count).